The zero-order chi connectivity index (χ0) is 15.5. The minimum Gasteiger partial charge on any atom is -0.271 e. The van der Waals surface area contributed by atoms with Gasteiger partial charge in [0.15, 0.2) is 0 Å². The van der Waals surface area contributed by atoms with Crippen LogP contribution in [0.1, 0.15) is 71.5 Å². The van der Waals surface area contributed by atoms with Crippen LogP contribution in [0, 0.1) is 11.3 Å². The first-order chi connectivity index (χ1) is 9.95. The van der Waals surface area contributed by atoms with E-state index in [1.807, 2.05) is 0 Å². The van der Waals surface area contributed by atoms with Crippen molar-refractivity contribution >= 4 is 0 Å². The Morgan fingerprint density at radius 2 is 2.10 bits per heavy atom. The Kier molecular flexibility index (Phi) is 5.44. The molecule has 0 amide bonds. The molecule has 4 heteroatoms. The monoisotopic (exact) mass is 292 g/mol. The van der Waals surface area contributed by atoms with Crippen LogP contribution >= 0.6 is 0 Å². The van der Waals surface area contributed by atoms with Gasteiger partial charge in [-0.15, -0.1) is 0 Å². The molecule has 1 aromatic heterocycles. The van der Waals surface area contributed by atoms with Gasteiger partial charge in [-0.2, -0.15) is 5.10 Å². The average molecular weight is 292 g/mol. The van der Waals surface area contributed by atoms with Crippen molar-refractivity contribution in [3.63, 3.8) is 0 Å². The number of hydrazine groups is 1. The summed E-state index contributed by atoms with van der Waals surface area (Å²) in [6.07, 6.45) is 9.29. The minimum absolute atomic E-state index is 0.349. The molecule has 1 heterocycles. The molecule has 1 saturated carbocycles. The summed E-state index contributed by atoms with van der Waals surface area (Å²) < 4.78 is 2.08. The van der Waals surface area contributed by atoms with Gasteiger partial charge >= 0.3 is 0 Å². The molecule has 1 fully saturated rings. The van der Waals surface area contributed by atoms with Crippen LogP contribution in [0.4, 0.5) is 0 Å². The van der Waals surface area contributed by atoms with E-state index in [1.165, 1.54) is 25.7 Å². The Labute approximate surface area is 129 Å². The Bertz CT molecular complexity index is 428. The summed E-state index contributed by atoms with van der Waals surface area (Å²) in [6, 6.07) is 2.96. The van der Waals surface area contributed by atoms with Crippen molar-refractivity contribution in [1.29, 1.82) is 0 Å². The zero-order valence-corrected chi connectivity index (χ0v) is 14.1. The van der Waals surface area contributed by atoms with Gasteiger partial charge in [-0.05, 0) is 56.4 Å². The lowest BCUT2D eigenvalue weighted by molar-refractivity contribution is 0.160. The number of hydrogen-bond acceptors (Lipinski definition) is 3. The molecule has 0 aromatic carbocycles. The molecule has 1 aromatic rings. The minimum atomic E-state index is 0.349. The number of rotatable bonds is 6. The Balaban J connectivity index is 1.95. The lowest BCUT2D eigenvalue weighted by Gasteiger charge is -2.37. The molecular weight excluding hydrogens is 260 g/mol. The maximum Gasteiger partial charge on any atom is 0.0640 e. The molecule has 2 atom stereocenters. The van der Waals surface area contributed by atoms with Crippen LogP contribution in [0.15, 0.2) is 12.3 Å². The summed E-state index contributed by atoms with van der Waals surface area (Å²) in [4.78, 5) is 0. The molecular formula is C17H32N4. The number of nitrogens with two attached hydrogens (primary N) is 1. The van der Waals surface area contributed by atoms with Crippen molar-refractivity contribution in [1.82, 2.24) is 15.2 Å². The SMILES string of the molecule is CCC(C)n1ccc(CC(NN)C2CCC(C)(C)CC2)n1. The quantitative estimate of drug-likeness (QED) is 0.624. The van der Waals surface area contributed by atoms with Crippen LogP contribution < -0.4 is 11.3 Å². The second-order valence-electron chi connectivity index (χ2n) is 7.52. The van der Waals surface area contributed by atoms with Crippen molar-refractivity contribution in [2.24, 2.45) is 17.2 Å². The first kappa shape index (κ1) is 16.5. The van der Waals surface area contributed by atoms with Crippen molar-refractivity contribution < 1.29 is 0 Å². The van der Waals surface area contributed by atoms with Crippen molar-refractivity contribution in [3.8, 4) is 0 Å². The van der Waals surface area contributed by atoms with Crippen LogP contribution in [-0.4, -0.2) is 15.8 Å². The van der Waals surface area contributed by atoms with E-state index in [0.717, 1.165) is 18.5 Å². The third kappa shape index (κ3) is 4.30. The maximum atomic E-state index is 5.83. The van der Waals surface area contributed by atoms with Crippen molar-refractivity contribution in [3.05, 3.63) is 18.0 Å². The lowest BCUT2D eigenvalue weighted by Crippen LogP contribution is -2.44. The summed E-state index contributed by atoms with van der Waals surface area (Å²) in [5.74, 6) is 6.50. The number of nitrogens with zero attached hydrogens (tertiary/aromatic N) is 2. The molecule has 2 unspecified atom stereocenters. The Morgan fingerprint density at radius 3 is 2.67 bits per heavy atom. The molecule has 0 saturated heterocycles. The smallest absolute Gasteiger partial charge is 0.0640 e. The number of hydrogen-bond donors (Lipinski definition) is 2. The van der Waals surface area contributed by atoms with Crippen LogP contribution in [0.3, 0.4) is 0 Å². The second kappa shape index (κ2) is 6.93. The average Bonchev–Trinajstić information content (AvgIpc) is 2.93. The first-order valence-electron chi connectivity index (χ1n) is 8.45. The van der Waals surface area contributed by atoms with Gasteiger partial charge in [-0.1, -0.05) is 20.8 Å². The topological polar surface area (TPSA) is 55.9 Å². The van der Waals surface area contributed by atoms with Gasteiger partial charge in [0.05, 0.1) is 5.69 Å². The fourth-order valence-electron chi connectivity index (χ4n) is 3.33. The molecule has 0 aliphatic heterocycles. The highest BCUT2D eigenvalue weighted by Gasteiger charge is 2.31. The van der Waals surface area contributed by atoms with Crippen LogP contribution in [0.25, 0.3) is 0 Å². The van der Waals surface area contributed by atoms with Gasteiger partial charge in [-0.3, -0.25) is 16.0 Å². The molecule has 4 nitrogen and oxygen atoms in total. The van der Waals surface area contributed by atoms with Gasteiger partial charge in [0.25, 0.3) is 0 Å². The molecule has 120 valence electrons. The predicted molar refractivity (Wildman–Crippen MR) is 87.8 cm³/mol. The van der Waals surface area contributed by atoms with E-state index in [-0.39, 0.29) is 0 Å². The fourth-order valence-corrected chi connectivity index (χ4v) is 3.33. The molecule has 21 heavy (non-hydrogen) atoms. The molecule has 1 aliphatic carbocycles. The van der Waals surface area contributed by atoms with Gasteiger partial charge in [0, 0.05) is 24.7 Å². The Morgan fingerprint density at radius 1 is 1.43 bits per heavy atom. The summed E-state index contributed by atoms with van der Waals surface area (Å²) in [5, 5.41) is 4.71. The third-order valence-electron chi connectivity index (χ3n) is 5.30. The largest absolute Gasteiger partial charge is 0.271 e. The van der Waals surface area contributed by atoms with Crippen molar-refractivity contribution in [2.45, 2.75) is 78.3 Å². The van der Waals surface area contributed by atoms with E-state index in [9.17, 15) is 0 Å². The van der Waals surface area contributed by atoms with E-state index in [4.69, 9.17) is 10.9 Å². The van der Waals surface area contributed by atoms with E-state index in [2.05, 4.69) is 50.1 Å². The summed E-state index contributed by atoms with van der Waals surface area (Å²) in [5.41, 5.74) is 4.71. The van der Waals surface area contributed by atoms with Gasteiger partial charge < -0.3 is 0 Å². The summed E-state index contributed by atoms with van der Waals surface area (Å²) in [6.45, 7) is 9.16. The molecule has 0 spiro atoms. The van der Waals surface area contributed by atoms with E-state index in [0.29, 0.717) is 23.4 Å². The highest BCUT2D eigenvalue weighted by Crippen LogP contribution is 2.39. The highest BCUT2D eigenvalue weighted by atomic mass is 15.3. The normalized spacial score (nSPS) is 22.1. The fraction of sp³-hybridized carbons (Fsp3) is 0.824. The zero-order valence-electron chi connectivity index (χ0n) is 14.1. The third-order valence-corrected chi connectivity index (χ3v) is 5.30. The first-order valence-corrected chi connectivity index (χ1v) is 8.45. The van der Waals surface area contributed by atoms with E-state index < -0.39 is 0 Å². The Hall–Kier alpha value is -0.870. The number of nitrogens with one attached hydrogen (secondary N) is 1. The van der Waals surface area contributed by atoms with Gasteiger partial charge in [0.2, 0.25) is 0 Å². The van der Waals surface area contributed by atoms with Crippen LogP contribution in [-0.2, 0) is 6.42 Å². The number of aromatic nitrogens is 2. The van der Waals surface area contributed by atoms with Crippen LogP contribution in [0.2, 0.25) is 0 Å². The molecule has 0 bridgehead atoms. The summed E-state index contributed by atoms with van der Waals surface area (Å²) in [7, 11) is 0. The maximum absolute atomic E-state index is 5.83. The predicted octanol–water partition coefficient (Wildman–Crippen LogP) is 3.44. The van der Waals surface area contributed by atoms with E-state index >= 15 is 0 Å². The summed E-state index contributed by atoms with van der Waals surface area (Å²) >= 11 is 0. The molecule has 1 aliphatic rings. The van der Waals surface area contributed by atoms with Crippen LogP contribution in [0.5, 0.6) is 0 Å². The van der Waals surface area contributed by atoms with Gasteiger partial charge in [0.1, 0.15) is 0 Å². The van der Waals surface area contributed by atoms with Crippen molar-refractivity contribution in [2.75, 3.05) is 0 Å². The highest BCUT2D eigenvalue weighted by molar-refractivity contribution is 5.03. The molecule has 0 radical (unpaired) electrons. The van der Waals surface area contributed by atoms with Gasteiger partial charge in [-0.25, -0.2) is 0 Å². The molecule has 3 N–H and O–H groups in total. The lowest BCUT2D eigenvalue weighted by atomic mass is 9.70. The van der Waals surface area contributed by atoms with E-state index in [1.54, 1.807) is 0 Å². The second-order valence-corrected chi connectivity index (χ2v) is 7.52. The molecule has 2 rings (SSSR count). The standard InChI is InChI=1S/C17H32N4/c1-5-13(2)21-11-8-15(20-21)12-16(19-18)14-6-9-17(3,4)10-7-14/h8,11,13-14,16,19H,5-7,9-10,12,18H2,1-4H3.